The van der Waals surface area contributed by atoms with E-state index in [0.29, 0.717) is 0 Å². The molecule has 1 aliphatic heterocycles. The van der Waals surface area contributed by atoms with Crippen LogP contribution in [0, 0.1) is 0 Å². The number of hydrogen-bond donors (Lipinski definition) is 0. The third-order valence-corrected chi connectivity index (χ3v) is 4.42. The van der Waals surface area contributed by atoms with Gasteiger partial charge in [0.25, 0.3) is 0 Å². The number of likely N-dealkylation sites (tertiary alicyclic amines) is 1. The van der Waals surface area contributed by atoms with Crippen LogP contribution in [0.15, 0.2) is 36.7 Å². The molecule has 20 heavy (non-hydrogen) atoms. The topological polar surface area (TPSA) is 42.4 Å². The lowest BCUT2D eigenvalue weighted by Crippen LogP contribution is -2.29. The monoisotopic (exact) mass is 382 g/mol. The molecule has 2 heterocycles. The Hall–Kier alpha value is -1.21. The van der Waals surface area contributed by atoms with Gasteiger partial charge in [0.15, 0.2) is 0 Å². The standard InChI is InChI=1S/C15H15IN2O2/c1-18-9-11(6-13(18)15(16)19)20-14-8-17-7-10-4-2-3-5-12(10)14/h2-5,7-8,11,13H,6,9H2,1H3. The maximum atomic E-state index is 11.5. The number of halogens is 1. The second-order valence-corrected chi connectivity index (χ2v) is 6.16. The Morgan fingerprint density at radius 3 is 2.95 bits per heavy atom. The van der Waals surface area contributed by atoms with Gasteiger partial charge in [0.05, 0.1) is 12.2 Å². The molecule has 0 saturated carbocycles. The zero-order valence-electron chi connectivity index (χ0n) is 11.1. The highest BCUT2D eigenvalue weighted by Crippen LogP contribution is 2.28. The van der Waals surface area contributed by atoms with Gasteiger partial charge in [-0.05, 0) is 7.05 Å². The summed E-state index contributed by atoms with van der Waals surface area (Å²) in [4.78, 5) is 17.8. The van der Waals surface area contributed by atoms with E-state index in [1.807, 2.05) is 60.1 Å². The van der Waals surface area contributed by atoms with Crippen LogP contribution in [0.25, 0.3) is 10.8 Å². The molecule has 104 valence electrons. The van der Waals surface area contributed by atoms with Crippen LogP contribution in [0.4, 0.5) is 0 Å². The van der Waals surface area contributed by atoms with Gasteiger partial charge < -0.3 is 4.74 Å². The summed E-state index contributed by atoms with van der Waals surface area (Å²) in [6.45, 7) is 0.766. The molecule has 1 fully saturated rings. The Bertz CT molecular complexity index is 641. The average Bonchev–Trinajstić information content (AvgIpc) is 2.80. The van der Waals surface area contributed by atoms with Gasteiger partial charge in [-0.2, -0.15) is 0 Å². The summed E-state index contributed by atoms with van der Waals surface area (Å²) >= 11 is 1.87. The van der Waals surface area contributed by atoms with Crippen molar-refractivity contribution in [2.45, 2.75) is 18.6 Å². The Kier molecular flexibility index (Phi) is 3.89. The fraction of sp³-hybridized carbons (Fsp3) is 0.333. The normalized spacial score (nSPS) is 23.1. The van der Waals surface area contributed by atoms with E-state index in [4.69, 9.17) is 4.74 Å². The number of carbonyl (C=O) groups excluding carboxylic acids is 1. The fourth-order valence-electron chi connectivity index (χ4n) is 2.67. The summed E-state index contributed by atoms with van der Waals surface area (Å²) in [5.41, 5.74) is 0. The van der Waals surface area contributed by atoms with Crippen molar-refractivity contribution in [2.75, 3.05) is 13.6 Å². The Balaban J connectivity index is 1.82. The van der Waals surface area contributed by atoms with Gasteiger partial charge in [-0.1, -0.05) is 24.3 Å². The molecule has 0 aliphatic carbocycles. The Labute approximate surface area is 131 Å². The highest BCUT2D eigenvalue weighted by atomic mass is 127. The maximum Gasteiger partial charge on any atom is 0.209 e. The van der Waals surface area contributed by atoms with Crippen LogP contribution >= 0.6 is 22.6 Å². The summed E-state index contributed by atoms with van der Waals surface area (Å²) < 4.78 is 6.25. The van der Waals surface area contributed by atoms with Crippen LogP contribution in [0.1, 0.15) is 6.42 Å². The van der Waals surface area contributed by atoms with E-state index in [2.05, 4.69) is 9.88 Å². The van der Waals surface area contributed by atoms with Gasteiger partial charge in [0.1, 0.15) is 11.9 Å². The van der Waals surface area contributed by atoms with E-state index in [1.165, 1.54) is 0 Å². The molecule has 0 N–H and O–H groups in total. The quantitative estimate of drug-likeness (QED) is 0.605. The molecule has 1 saturated heterocycles. The molecule has 0 spiro atoms. The van der Waals surface area contributed by atoms with Crippen LogP contribution in [-0.2, 0) is 4.79 Å². The van der Waals surface area contributed by atoms with Gasteiger partial charge in [0, 0.05) is 52.5 Å². The summed E-state index contributed by atoms with van der Waals surface area (Å²) in [6, 6.07) is 8.00. The number of rotatable bonds is 3. The van der Waals surface area contributed by atoms with Crippen LogP contribution in [0.5, 0.6) is 5.75 Å². The van der Waals surface area contributed by atoms with Gasteiger partial charge in [0.2, 0.25) is 3.79 Å². The Morgan fingerprint density at radius 1 is 1.40 bits per heavy atom. The van der Waals surface area contributed by atoms with Crippen molar-refractivity contribution in [2.24, 2.45) is 0 Å². The van der Waals surface area contributed by atoms with E-state index >= 15 is 0 Å². The molecule has 4 nitrogen and oxygen atoms in total. The highest BCUT2D eigenvalue weighted by Gasteiger charge is 2.34. The second-order valence-electron chi connectivity index (χ2n) is 5.09. The molecule has 0 bridgehead atoms. The average molecular weight is 382 g/mol. The molecular formula is C15H15IN2O2. The third kappa shape index (κ3) is 2.64. The van der Waals surface area contributed by atoms with E-state index in [0.717, 1.165) is 29.5 Å². The molecule has 5 heteroatoms. The van der Waals surface area contributed by atoms with Crippen molar-refractivity contribution in [3.8, 4) is 5.75 Å². The van der Waals surface area contributed by atoms with Gasteiger partial charge in [-0.15, -0.1) is 0 Å². The minimum atomic E-state index is -0.0384. The summed E-state index contributed by atoms with van der Waals surface area (Å²) in [5, 5.41) is 2.13. The zero-order valence-corrected chi connectivity index (χ0v) is 13.3. The minimum absolute atomic E-state index is 0.0383. The van der Waals surface area contributed by atoms with Crippen LogP contribution in [0.2, 0.25) is 0 Å². The van der Waals surface area contributed by atoms with E-state index in [1.54, 1.807) is 6.20 Å². The molecule has 0 radical (unpaired) electrons. The van der Waals surface area contributed by atoms with E-state index < -0.39 is 0 Å². The predicted octanol–water partition coefficient (Wildman–Crippen LogP) is 2.65. The lowest BCUT2D eigenvalue weighted by Gasteiger charge is -2.15. The molecular weight excluding hydrogens is 367 g/mol. The first kappa shape index (κ1) is 13.8. The second kappa shape index (κ2) is 5.65. The molecule has 2 unspecified atom stereocenters. The van der Waals surface area contributed by atoms with Crippen LogP contribution in [-0.4, -0.2) is 39.4 Å². The number of likely N-dealkylation sites (N-methyl/N-ethyl adjacent to an activating group) is 1. The minimum Gasteiger partial charge on any atom is -0.487 e. The van der Waals surface area contributed by atoms with Crippen molar-refractivity contribution in [3.63, 3.8) is 0 Å². The number of ether oxygens (including phenoxy) is 1. The van der Waals surface area contributed by atoms with Gasteiger partial charge in [-0.25, -0.2) is 0 Å². The van der Waals surface area contributed by atoms with E-state index in [-0.39, 0.29) is 15.9 Å². The van der Waals surface area contributed by atoms with Crippen molar-refractivity contribution in [1.82, 2.24) is 9.88 Å². The predicted molar refractivity (Wildman–Crippen MR) is 86.2 cm³/mol. The first-order chi connectivity index (χ1) is 9.65. The van der Waals surface area contributed by atoms with Crippen molar-refractivity contribution < 1.29 is 9.53 Å². The molecule has 2 aromatic rings. The summed E-state index contributed by atoms with van der Waals surface area (Å²) in [6.07, 6.45) is 4.36. The first-order valence-electron chi connectivity index (χ1n) is 6.54. The first-order valence-corrected chi connectivity index (χ1v) is 7.62. The number of benzene rings is 1. The van der Waals surface area contributed by atoms with Crippen molar-refractivity contribution in [1.29, 1.82) is 0 Å². The molecule has 2 atom stereocenters. The van der Waals surface area contributed by atoms with Crippen molar-refractivity contribution in [3.05, 3.63) is 36.7 Å². The van der Waals surface area contributed by atoms with Gasteiger partial charge >= 0.3 is 0 Å². The zero-order chi connectivity index (χ0) is 14.1. The lowest BCUT2D eigenvalue weighted by molar-refractivity contribution is -0.112. The van der Waals surface area contributed by atoms with Crippen LogP contribution in [0.3, 0.4) is 0 Å². The van der Waals surface area contributed by atoms with Gasteiger partial charge in [-0.3, -0.25) is 14.7 Å². The molecule has 1 aromatic carbocycles. The number of aromatic nitrogens is 1. The number of hydrogen-bond acceptors (Lipinski definition) is 4. The molecule has 0 amide bonds. The summed E-state index contributed by atoms with van der Waals surface area (Å²) in [7, 11) is 1.96. The SMILES string of the molecule is CN1CC(Oc2cncc3ccccc23)CC1C(=O)I. The van der Waals surface area contributed by atoms with E-state index in [9.17, 15) is 4.79 Å². The molecule has 1 aliphatic rings. The number of fused-ring (bicyclic) bond motifs is 1. The Morgan fingerprint density at radius 2 is 2.20 bits per heavy atom. The largest absolute Gasteiger partial charge is 0.487 e. The number of nitrogens with zero attached hydrogens (tertiary/aromatic N) is 2. The van der Waals surface area contributed by atoms with Crippen molar-refractivity contribution >= 4 is 37.2 Å². The molecule has 3 rings (SSSR count). The number of pyridine rings is 1. The highest BCUT2D eigenvalue weighted by molar-refractivity contribution is 14.1. The maximum absolute atomic E-state index is 11.5. The molecule has 1 aromatic heterocycles. The number of carbonyl (C=O) groups is 1. The smallest absolute Gasteiger partial charge is 0.209 e. The summed E-state index contributed by atoms with van der Waals surface area (Å²) in [5.74, 6) is 0.794. The third-order valence-electron chi connectivity index (χ3n) is 3.70. The fourth-order valence-corrected chi connectivity index (χ4v) is 3.40. The van der Waals surface area contributed by atoms with Crippen LogP contribution < -0.4 is 4.74 Å². The lowest BCUT2D eigenvalue weighted by atomic mass is 10.1.